The fourth-order valence-electron chi connectivity index (χ4n) is 3.16. The lowest BCUT2D eigenvalue weighted by Crippen LogP contribution is -2.48. The van der Waals surface area contributed by atoms with E-state index in [2.05, 4.69) is 38.5 Å². The Morgan fingerprint density at radius 2 is 2.08 bits per heavy atom. The summed E-state index contributed by atoms with van der Waals surface area (Å²) in [5.74, 6) is 1.87. The molecule has 0 spiro atoms. The molecule has 1 fully saturated rings. The molecule has 25 heavy (non-hydrogen) atoms. The Bertz CT molecular complexity index is 526. The third-order valence-corrected chi connectivity index (χ3v) is 4.43. The number of halogens is 1. The van der Waals surface area contributed by atoms with Crippen LogP contribution >= 0.6 is 24.0 Å². The standard InChI is InChI=1S/C18H32N6.HI/c1-5-11-24-12-8-16(9-13-24)22-18(19-2)21-14-15-7-6-10-20-17(15)23(3)4;/h6-7,10,16H,5,8-9,11-14H2,1-4H3,(H2,19,21,22);1H. The molecule has 0 bridgehead atoms. The number of piperidine rings is 1. The minimum atomic E-state index is 0. The second kappa shape index (κ2) is 11.5. The van der Waals surface area contributed by atoms with E-state index in [4.69, 9.17) is 0 Å². The summed E-state index contributed by atoms with van der Waals surface area (Å²) in [6.07, 6.45) is 5.42. The number of hydrogen-bond acceptors (Lipinski definition) is 4. The van der Waals surface area contributed by atoms with Crippen molar-refractivity contribution < 1.29 is 0 Å². The number of aliphatic imine (C=N–C) groups is 1. The summed E-state index contributed by atoms with van der Waals surface area (Å²) >= 11 is 0. The number of hydrogen-bond donors (Lipinski definition) is 2. The lowest BCUT2D eigenvalue weighted by molar-refractivity contribution is 0.206. The molecule has 1 aliphatic heterocycles. The van der Waals surface area contributed by atoms with Crippen molar-refractivity contribution in [3.05, 3.63) is 23.9 Å². The predicted octanol–water partition coefficient (Wildman–Crippen LogP) is 2.31. The number of pyridine rings is 1. The predicted molar refractivity (Wildman–Crippen MR) is 117 cm³/mol. The summed E-state index contributed by atoms with van der Waals surface area (Å²) < 4.78 is 0. The van der Waals surface area contributed by atoms with Crippen molar-refractivity contribution in [2.75, 3.05) is 45.7 Å². The molecule has 0 saturated carbocycles. The van der Waals surface area contributed by atoms with Gasteiger partial charge in [0.25, 0.3) is 0 Å². The highest BCUT2D eigenvalue weighted by Crippen LogP contribution is 2.14. The Labute approximate surface area is 169 Å². The zero-order valence-corrected chi connectivity index (χ0v) is 18.3. The second-order valence-electron chi connectivity index (χ2n) is 6.57. The van der Waals surface area contributed by atoms with Gasteiger partial charge in [0.05, 0.1) is 0 Å². The van der Waals surface area contributed by atoms with Gasteiger partial charge < -0.3 is 20.4 Å². The summed E-state index contributed by atoms with van der Waals surface area (Å²) in [4.78, 5) is 13.4. The maximum Gasteiger partial charge on any atom is 0.191 e. The molecule has 0 radical (unpaired) electrons. The van der Waals surface area contributed by atoms with Crippen LogP contribution in [0.1, 0.15) is 31.7 Å². The first-order valence-corrected chi connectivity index (χ1v) is 8.94. The normalized spacial score (nSPS) is 16.2. The minimum Gasteiger partial charge on any atom is -0.362 e. The minimum absolute atomic E-state index is 0. The maximum atomic E-state index is 4.44. The summed E-state index contributed by atoms with van der Waals surface area (Å²) in [7, 11) is 5.86. The molecule has 0 atom stereocenters. The molecule has 1 aromatic rings. The lowest BCUT2D eigenvalue weighted by Gasteiger charge is -2.32. The Hall–Kier alpha value is -1.09. The quantitative estimate of drug-likeness (QED) is 0.388. The number of likely N-dealkylation sites (tertiary alicyclic amines) is 1. The molecule has 0 aromatic carbocycles. The van der Waals surface area contributed by atoms with Crippen LogP contribution in [-0.4, -0.2) is 62.7 Å². The van der Waals surface area contributed by atoms with Gasteiger partial charge in [-0.3, -0.25) is 4.99 Å². The summed E-state index contributed by atoms with van der Waals surface area (Å²) in [6.45, 7) is 6.53. The summed E-state index contributed by atoms with van der Waals surface area (Å²) in [5.41, 5.74) is 1.17. The molecule has 1 aromatic heterocycles. The van der Waals surface area contributed by atoms with Crippen molar-refractivity contribution >= 4 is 35.8 Å². The van der Waals surface area contributed by atoms with E-state index in [-0.39, 0.29) is 24.0 Å². The highest BCUT2D eigenvalue weighted by atomic mass is 127. The Morgan fingerprint density at radius 3 is 2.68 bits per heavy atom. The van der Waals surface area contributed by atoms with Gasteiger partial charge in [0.15, 0.2) is 5.96 Å². The van der Waals surface area contributed by atoms with Crippen molar-refractivity contribution in [3.8, 4) is 0 Å². The van der Waals surface area contributed by atoms with Gasteiger partial charge in [0.1, 0.15) is 5.82 Å². The van der Waals surface area contributed by atoms with Gasteiger partial charge in [-0.15, -0.1) is 24.0 Å². The van der Waals surface area contributed by atoms with Crippen molar-refractivity contribution in [1.82, 2.24) is 20.5 Å². The van der Waals surface area contributed by atoms with Crippen molar-refractivity contribution in [1.29, 1.82) is 0 Å². The molecule has 0 unspecified atom stereocenters. The van der Waals surface area contributed by atoms with Gasteiger partial charge in [0.2, 0.25) is 0 Å². The number of anilines is 1. The highest BCUT2D eigenvalue weighted by Gasteiger charge is 2.19. The second-order valence-corrected chi connectivity index (χ2v) is 6.57. The van der Waals surface area contributed by atoms with Crippen LogP contribution in [0.4, 0.5) is 5.82 Å². The van der Waals surface area contributed by atoms with Gasteiger partial charge in [-0.25, -0.2) is 4.98 Å². The van der Waals surface area contributed by atoms with Gasteiger partial charge in [-0.05, 0) is 31.9 Å². The van der Waals surface area contributed by atoms with Gasteiger partial charge >= 0.3 is 0 Å². The molecule has 6 nitrogen and oxygen atoms in total. The zero-order valence-electron chi connectivity index (χ0n) is 16.0. The monoisotopic (exact) mass is 460 g/mol. The molecule has 2 rings (SSSR count). The molecule has 2 N–H and O–H groups in total. The molecule has 7 heteroatoms. The largest absolute Gasteiger partial charge is 0.362 e. The number of aromatic nitrogens is 1. The smallest absolute Gasteiger partial charge is 0.191 e. The molecule has 1 saturated heterocycles. The zero-order chi connectivity index (χ0) is 17.4. The molecule has 1 aliphatic rings. The third kappa shape index (κ3) is 6.97. The highest BCUT2D eigenvalue weighted by molar-refractivity contribution is 14.0. The average molecular weight is 460 g/mol. The van der Waals surface area contributed by atoms with Crippen LogP contribution in [-0.2, 0) is 6.54 Å². The van der Waals surface area contributed by atoms with Gasteiger partial charge in [-0.2, -0.15) is 0 Å². The van der Waals surface area contributed by atoms with E-state index in [0.29, 0.717) is 6.04 Å². The number of rotatable bonds is 6. The van der Waals surface area contributed by atoms with E-state index in [1.807, 2.05) is 38.3 Å². The summed E-state index contributed by atoms with van der Waals surface area (Å²) in [5, 5.41) is 6.99. The fraction of sp³-hybridized carbons (Fsp3) is 0.667. The van der Waals surface area contributed by atoms with E-state index in [1.165, 1.54) is 44.5 Å². The molecule has 2 heterocycles. The topological polar surface area (TPSA) is 55.8 Å². The fourth-order valence-corrected chi connectivity index (χ4v) is 3.16. The van der Waals surface area contributed by atoms with Gasteiger partial charge in [-0.1, -0.05) is 13.0 Å². The number of nitrogens with zero attached hydrogens (tertiary/aromatic N) is 4. The Balaban J connectivity index is 0.00000312. The van der Waals surface area contributed by atoms with Crippen LogP contribution in [0.15, 0.2) is 23.3 Å². The first kappa shape index (κ1) is 22.0. The lowest BCUT2D eigenvalue weighted by atomic mass is 10.1. The Morgan fingerprint density at radius 1 is 1.36 bits per heavy atom. The first-order valence-electron chi connectivity index (χ1n) is 8.94. The van der Waals surface area contributed by atoms with E-state index in [9.17, 15) is 0 Å². The first-order chi connectivity index (χ1) is 11.6. The van der Waals surface area contributed by atoms with Crippen LogP contribution in [0.2, 0.25) is 0 Å². The molecule has 0 amide bonds. The molecular weight excluding hydrogens is 427 g/mol. The SMILES string of the molecule is CCCN1CCC(NC(=NC)NCc2cccnc2N(C)C)CC1.I. The van der Waals surface area contributed by atoms with E-state index in [0.717, 1.165) is 18.3 Å². The van der Waals surface area contributed by atoms with E-state index >= 15 is 0 Å². The number of guanidine groups is 1. The van der Waals surface area contributed by atoms with Crippen LogP contribution in [0.5, 0.6) is 0 Å². The van der Waals surface area contributed by atoms with Crippen LogP contribution in [0.25, 0.3) is 0 Å². The van der Waals surface area contributed by atoms with Crippen LogP contribution < -0.4 is 15.5 Å². The average Bonchev–Trinajstić information content (AvgIpc) is 2.60. The molecular formula is C18H33IN6. The summed E-state index contributed by atoms with van der Waals surface area (Å²) in [6, 6.07) is 4.58. The molecule has 0 aliphatic carbocycles. The van der Waals surface area contributed by atoms with Crippen LogP contribution in [0, 0.1) is 0 Å². The van der Waals surface area contributed by atoms with E-state index < -0.39 is 0 Å². The van der Waals surface area contributed by atoms with Crippen molar-refractivity contribution in [2.24, 2.45) is 4.99 Å². The van der Waals surface area contributed by atoms with Crippen molar-refractivity contribution in [3.63, 3.8) is 0 Å². The maximum absolute atomic E-state index is 4.44. The third-order valence-electron chi connectivity index (χ3n) is 4.43. The van der Waals surface area contributed by atoms with Crippen molar-refractivity contribution in [2.45, 2.75) is 38.8 Å². The number of nitrogens with one attached hydrogen (secondary N) is 2. The molecule has 142 valence electrons. The van der Waals surface area contributed by atoms with E-state index in [1.54, 1.807) is 0 Å². The Kier molecular flexibility index (Phi) is 10.1. The van der Waals surface area contributed by atoms with Crippen LogP contribution in [0.3, 0.4) is 0 Å². The van der Waals surface area contributed by atoms with Gasteiger partial charge in [0, 0.05) is 58.6 Å².